The molecule has 1 N–H and O–H groups in total. The van der Waals surface area contributed by atoms with Gasteiger partial charge in [0.1, 0.15) is 5.82 Å². The number of thioether (sulfide) groups is 1. The molecule has 118 valence electrons. The van der Waals surface area contributed by atoms with Crippen molar-refractivity contribution in [2.45, 2.75) is 44.0 Å². The van der Waals surface area contributed by atoms with Crippen molar-refractivity contribution in [1.82, 2.24) is 9.97 Å². The monoisotopic (exact) mass is 340 g/mol. The molecule has 0 fully saturated rings. The highest BCUT2D eigenvalue weighted by Gasteiger charge is 2.21. The van der Waals surface area contributed by atoms with Crippen LogP contribution in [0.4, 0.5) is 4.39 Å². The lowest BCUT2D eigenvalue weighted by Crippen LogP contribution is -2.18. The summed E-state index contributed by atoms with van der Waals surface area (Å²) >= 11 is 7.59. The van der Waals surface area contributed by atoms with Gasteiger partial charge in [-0.15, -0.1) is 0 Å². The van der Waals surface area contributed by atoms with Crippen LogP contribution in [0.2, 0.25) is 5.02 Å². The number of hydrogen-bond acceptors (Lipinski definition) is 3. The largest absolute Gasteiger partial charge is 0.301 e. The van der Waals surface area contributed by atoms with E-state index in [9.17, 15) is 9.18 Å². The van der Waals surface area contributed by atoms with Gasteiger partial charge in [-0.2, -0.15) is 0 Å². The Hall–Kier alpha value is -1.33. The molecular weight excluding hydrogens is 323 g/mol. The zero-order valence-corrected chi connectivity index (χ0v) is 14.5. The Balaban J connectivity index is 2.56. The SMILES string of the molecule is Cc1c([C@@H](C)c2c(F)cccc2Cl)nc(SC(C)C)[nH]c1=O. The van der Waals surface area contributed by atoms with Gasteiger partial charge >= 0.3 is 0 Å². The summed E-state index contributed by atoms with van der Waals surface area (Å²) < 4.78 is 14.1. The van der Waals surface area contributed by atoms with Crippen molar-refractivity contribution in [3.8, 4) is 0 Å². The van der Waals surface area contributed by atoms with Crippen molar-refractivity contribution in [2.24, 2.45) is 0 Å². The zero-order valence-electron chi connectivity index (χ0n) is 12.9. The van der Waals surface area contributed by atoms with Crippen LogP contribution in [0, 0.1) is 12.7 Å². The van der Waals surface area contributed by atoms with E-state index in [0.717, 1.165) is 0 Å². The summed E-state index contributed by atoms with van der Waals surface area (Å²) in [4.78, 5) is 19.4. The number of H-pyrrole nitrogens is 1. The molecule has 22 heavy (non-hydrogen) atoms. The van der Waals surface area contributed by atoms with Crippen molar-refractivity contribution in [1.29, 1.82) is 0 Å². The number of benzene rings is 1. The van der Waals surface area contributed by atoms with E-state index >= 15 is 0 Å². The van der Waals surface area contributed by atoms with Gasteiger partial charge in [0.2, 0.25) is 0 Å². The van der Waals surface area contributed by atoms with E-state index in [0.29, 0.717) is 27.0 Å². The molecule has 0 bridgehead atoms. The molecule has 0 aliphatic carbocycles. The molecule has 0 aliphatic rings. The lowest BCUT2D eigenvalue weighted by molar-refractivity contribution is 0.599. The van der Waals surface area contributed by atoms with Crippen LogP contribution in [-0.4, -0.2) is 15.2 Å². The fourth-order valence-corrected chi connectivity index (χ4v) is 3.37. The Bertz CT molecular complexity index is 725. The maximum atomic E-state index is 14.1. The van der Waals surface area contributed by atoms with Crippen molar-refractivity contribution < 1.29 is 4.39 Å². The first-order valence-corrected chi connectivity index (χ1v) is 8.28. The third kappa shape index (κ3) is 3.52. The molecule has 0 saturated carbocycles. The van der Waals surface area contributed by atoms with Gasteiger partial charge in [-0.3, -0.25) is 4.79 Å². The van der Waals surface area contributed by atoms with Crippen LogP contribution in [0.15, 0.2) is 28.2 Å². The summed E-state index contributed by atoms with van der Waals surface area (Å²) in [6.07, 6.45) is 0. The van der Waals surface area contributed by atoms with E-state index in [4.69, 9.17) is 11.6 Å². The Morgan fingerprint density at radius 1 is 1.32 bits per heavy atom. The minimum Gasteiger partial charge on any atom is -0.301 e. The second kappa shape index (κ2) is 6.84. The van der Waals surface area contributed by atoms with Crippen LogP contribution < -0.4 is 5.56 Å². The number of rotatable bonds is 4. The first kappa shape index (κ1) is 17.0. The van der Waals surface area contributed by atoms with E-state index in [-0.39, 0.29) is 16.6 Å². The third-order valence-corrected chi connectivity index (χ3v) is 4.58. The number of halogens is 2. The molecule has 1 aromatic heterocycles. The van der Waals surface area contributed by atoms with Gasteiger partial charge in [-0.1, -0.05) is 50.2 Å². The quantitative estimate of drug-likeness (QED) is 0.657. The second-order valence-electron chi connectivity index (χ2n) is 5.40. The number of nitrogens with zero attached hydrogens (tertiary/aromatic N) is 1. The predicted octanol–water partition coefficient (Wildman–Crippen LogP) is 4.52. The van der Waals surface area contributed by atoms with E-state index in [2.05, 4.69) is 9.97 Å². The molecule has 2 rings (SSSR count). The van der Waals surface area contributed by atoms with Gasteiger partial charge in [0.05, 0.1) is 5.69 Å². The van der Waals surface area contributed by atoms with Crippen LogP contribution in [0.25, 0.3) is 0 Å². The molecule has 0 aliphatic heterocycles. The third-order valence-electron chi connectivity index (χ3n) is 3.36. The Kier molecular flexibility index (Phi) is 5.29. The lowest BCUT2D eigenvalue weighted by Gasteiger charge is -2.17. The fraction of sp³-hybridized carbons (Fsp3) is 0.375. The summed E-state index contributed by atoms with van der Waals surface area (Å²) in [7, 11) is 0. The molecule has 0 spiro atoms. The molecule has 0 radical (unpaired) electrons. The fourth-order valence-electron chi connectivity index (χ4n) is 2.29. The molecule has 2 aromatic rings. The predicted molar refractivity (Wildman–Crippen MR) is 89.5 cm³/mol. The summed E-state index contributed by atoms with van der Waals surface area (Å²) in [5, 5.41) is 1.16. The van der Waals surface area contributed by atoms with Crippen LogP contribution in [0.3, 0.4) is 0 Å². The number of hydrogen-bond donors (Lipinski definition) is 1. The smallest absolute Gasteiger partial charge is 0.254 e. The Morgan fingerprint density at radius 3 is 2.59 bits per heavy atom. The van der Waals surface area contributed by atoms with Gasteiger partial charge in [-0.05, 0) is 19.1 Å². The standard InChI is InChI=1S/C16H18ClFN2OS/c1-8(2)22-16-19-14(10(4)15(21)20-16)9(3)13-11(17)6-5-7-12(13)18/h5-9H,1-4H3,(H,19,20,21)/t9-/m0/s1. The van der Waals surface area contributed by atoms with Crippen LogP contribution in [0.5, 0.6) is 0 Å². The van der Waals surface area contributed by atoms with E-state index in [1.165, 1.54) is 17.8 Å². The first-order valence-electron chi connectivity index (χ1n) is 7.02. The molecule has 1 atom stereocenters. The van der Waals surface area contributed by atoms with E-state index in [1.807, 2.05) is 20.8 Å². The molecule has 0 amide bonds. The maximum absolute atomic E-state index is 14.1. The highest BCUT2D eigenvalue weighted by atomic mass is 35.5. The van der Waals surface area contributed by atoms with Crippen molar-refractivity contribution >= 4 is 23.4 Å². The normalized spacial score (nSPS) is 12.7. The molecule has 1 aromatic carbocycles. The average Bonchev–Trinajstić information content (AvgIpc) is 2.41. The molecule has 1 heterocycles. The maximum Gasteiger partial charge on any atom is 0.254 e. The van der Waals surface area contributed by atoms with Crippen LogP contribution in [-0.2, 0) is 0 Å². The van der Waals surface area contributed by atoms with E-state index < -0.39 is 5.92 Å². The van der Waals surface area contributed by atoms with Gasteiger partial charge < -0.3 is 4.98 Å². The first-order chi connectivity index (χ1) is 10.3. The number of aromatic amines is 1. The minimum atomic E-state index is -0.400. The summed E-state index contributed by atoms with van der Waals surface area (Å²) in [5.74, 6) is -0.790. The summed E-state index contributed by atoms with van der Waals surface area (Å²) in [5.41, 5.74) is 1.21. The molecule has 0 unspecified atom stereocenters. The molecule has 3 nitrogen and oxygen atoms in total. The van der Waals surface area contributed by atoms with Gasteiger partial charge in [0.25, 0.3) is 5.56 Å². The van der Waals surface area contributed by atoms with E-state index in [1.54, 1.807) is 19.1 Å². The van der Waals surface area contributed by atoms with Crippen LogP contribution >= 0.6 is 23.4 Å². The summed E-state index contributed by atoms with van der Waals surface area (Å²) in [6, 6.07) is 4.57. The highest BCUT2D eigenvalue weighted by molar-refractivity contribution is 7.99. The molecule has 6 heteroatoms. The highest BCUT2D eigenvalue weighted by Crippen LogP contribution is 2.32. The number of nitrogens with one attached hydrogen (secondary N) is 1. The van der Waals surface area contributed by atoms with Crippen molar-refractivity contribution in [2.75, 3.05) is 0 Å². The van der Waals surface area contributed by atoms with Crippen molar-refractivity contribution in [3.63, 3.8) is 0 Å². The number of aromatic nitrogens is 2. The Morgan fingerprint density at radius 2 is 2.00 bits per heavy atom. The topological polar surface area (TPSA) is 45.8 Å². The molecular formula is C16H18ClFN2OS. The van der Waals surface area contributed by atoms with Crippen LogP contribution in [0.1, 0.15) is 43.5 Å². The second-order valence-corrected chi connectivity index (χ2v) is 7.38. The Labute approximate surface area is 138 Å². The molecule has 0 saturated heterocycles. The minimum absolute atomic E-state index is 0.201. The average molecular weight is 341 g/mol. The van der Waals surface area contributed by atoms with Gasteiger partial charge in [0, 0.05) is 27.3 Å². The summed E-state index contributed by atoms with van der Waals surface area (Å²) in [6.45, 7) is 7.53. The van der Waals surface area contributed by atoms with Crippen molar-refractivity contribution in [3.05, 3.63) is 56.2 Å². The van der Waals surface area contributed by atoms with Gasteiger partial charge in [-0.25, -0.2) is 9.37 Å². The van der Waals surface area contributed by atoms with Gasteiger partial charge in [0.15, 0.2) is 5.16 Å². The lowest BCUT2D eigenvalue weighted by atomic mass is 9.94. The zero-order chi connectivity index (χ0) is 16.4.